The van der Waals surface area contributed by atoms with E-state index in [-0.39, 0.29) is 41.7 Å². The van der Waals surface area contributed by atoms with Crippen LogP contribution >= 0.6 is 23.2 Å². The van der Waals surface area contributed by atoms with Crippen LogP contribution in [-0.4, -0.2) is 49.0 Å². The van der Waals surface area contributed by atoms with E-state index < -0.39 is 27.2 Å². The van der Waals surface area contributed by atoms with Crippen LogP contribution < -0.4 is 5.32 Å². The number of hydrogen-bond donors (Lipinski definition) is 1. The molecule has 2 aromatic rings. The second-order valence-electron chi connectivity index (χ2n) is 7.22. The van der Waals surface area contributed by atoms with E-state index in [1.807, 2.05) is 0 Å². The minimum atomic E-state index is -3.35. The van der Waals surface area contributed by atoms with Crippen molar-refractivity contribution in [3.63, 3.8) is 0 Å². The van der Waals surface area contributed by atoms with Gasteiger partial charge in [-0.05, 0) is 50.1 Å². The third-order valence-electron chi connectivity index (χ3n) is 5.46. The topological polar surface area (TPSA) is 79.4 Å². The van der Waals surface area contributed by atoms with Crippen molar-refractivity contribution in [2.75, 3.05) is 25.4 Å². The molecule has 1 N–H and O–H groups in total. The van der Waals surface area contributed by atoms with Gasteiger partial charge in [0.05, 0.1) is 22.0 Å². The zero-order chi connectivity index (χ0) is 21.9. The minimum absolute atomic E-state index is 0.00372. The van der Waals surface area contributed by atoms with Crippen molar-refractivity contribution < 1.29 is 17.6 Å². The van der Waals surface area contributed by atoms with Gasteiger partial charge in [-0.3, -0.25) is 9.78 Å². The Morgan fingerprint density at radius 3 is 2.57 bits per heavy atom. The molecular formula is C20H22Cl2FN3O3S. The zero-order valence-corrected chi connectivity index (χ0v) is 18.7. The van der Waals surface area contributed by atoms with Crippen LogP contribution in [0.25, 0.3) is 0 Å². The molecule has 1 aromatic heterocycles. The molecule has 3 rings (SSSR count). The summed E-state index contributed by atoms with van der Waals surface area (Å²) in [6, 6.07) is 7.36. The summed E-state index contributed by atoms with van der Waals surface area (Å²) in [6.45, 7) is 2.14. The van der Waals surface area contributed by atoms with Crippen molar-refractivity contribution >= 4 is 39.1 Å². The number of carbonyl (C=O) groups excluding carboxylic acids is 1. The zero-order valence-electron chi connectivity index (χ0n) is 16.4. The number of carbonyl (C=O) groups is 1. The molecule has 0 spiro atoms. The van der Waals surface area contributed by atoms with E-state index >= 15 is 0 Å². The number of nitrogens with one attached hydrogen (secondary N) is 1. The SMILES string of the molecule is CCS(=O)(=O)N1CCC(CNC(=O)c2ccc(Cl)cc2Cl)(c2ncccc2F)CC1. The van der Waals surface area contributed by atoms with E-state index in [4.69, 9.17) is 23.2 Å². The Kier molecular flexibility index (Phi) is 7.02. The summed E-state index contributed by atoms with van der Waals surface area (Å²) in [5.74, 6) is -0.900. The first-order valence-corrected chi connectivity index (χ1v) is 11.9. The molecule has 1 aliphatic rings. The highest BCUT2D eigenvalue weighted by Crippen LogP contribution is 2.36. The van der Waals surface area contributed by atoms with E-state index in [9.17, 15) is 17.6 Å². The van der Waals surface area contributed by atoms with Crippen molar-refractivity contribution in [3.8, 4) is 0 Å². The molecule has 1 aliphatic heterocycles. The molecule has 6 nitrogen and oxygen atoms in total. The Morgan fingerprint density at radius 2 is 1.97 bits per heavy atom. The summed E-state index contributed by atoms with van der Waals surface area (Å²) in [4.78, 5) is 16.9. The van der Waals surface area contributed by atoms with Crippen molar-refractivity contribution in [2.45, 2.75) is 25.2 Å². The van der Waals surface area contributed by atoms with Gasteiger partial charge in [0.25, 0.3) is 5.91 Å². The Labute approximate surface area is 185 Å². The van der Waals surface area contributed by atoms with Crippen LogP contribution in [0.2, 0.25) is 10.0 Å². The fraction of sp³-hybridized carbons (Fsp3) is 0.400. The summed E-state index contributed by atoms with van der Waals surface area (Å²) >= 11 is 12.0. The van der Waals surface area contributed by atoms with Crippen LogP contribution in [0.1, 0.15) is 35.8 Å². The van der Waals surface area contributed by atoms with Gasteiger partial charge in [0.1, 0.15) is 5.82 Å². The smallest absolute Gasteiger partial charge is 0.252 e. The lowest BCUT2D eigenvalue weighted by molar-refractivity contribution is 0.0931. The van der Waals surface area contributed by atoms with Gasteiger partial charge in [-0.25, -0.2) is 17.1 Å². The molecule has 0 atom stereocenters. The maximum Gasteiger partial charge on any atom is 0.252 e. The van der Waals surface area contributed by atoms with E-state index in [0.29, 0.717) is 17.9 Å². The van der Waals surface area contributed by atoms with Crippen LogP contribution in [-0.2, 0) is 15.4 Å². The first-order valence-electron chi connectivity index (χ1n) is 9.50. The van der Waals surface area contributed by atoms with Crippen LogP contribution in [0.3, 0.4) is 0 Å². The summed E-state index contributed by atoms with van der Waals surface area (Å²) in [7, 11) is -3.35. The molecule has 0 radical (unpaired) electrons. The van der Waals surface area contributed by atoms with Gasteiger partial charge >= 0.3 is 0 Å². The van der Waals surface area contributed by atoms with Crippen LogP contribution in [0.15, 0.2) is 36.5 Å². The molecule has 0 bridgehead atoms. The van der Waals surface area contributed by atoms with Crippen molar-refractivity contribution in [1.82, 2.24) is 14.6 Å². The maximum atomic E-state index is 14.6. The molecule has 1 amide bonds. The molecule has 1 aromatic carbocycles. The van der Waals surface area contributed by atoms with Gasteiger partial charge in [0.15, 0.2) is 0 Å². The number of hydrogen-bond acceptors (Lipinski definition) is 4. The molecule has 30 heavy (non-hydrogen) atoms. The number of nitrogens with zero attached hydrogens (tertiary/aromatic N) is 2. The highest BCUT2D eigenvalue weighted by atomic mass is 35.5. The Balaban J connectivity index is 1.85. The largest absolute Gasteiger partial charge is 0.351 e. The fourth-order valence-electron chi connectivity index (χ4n) is 3.67. The van der Waals surface area contributed by atoms with Gasteiger partial charge < -0.3 is 5.32 Å². The number of halogens is 3. The number of pyridine rings is 1. The molecule has 162 valence electrons. The molecule has 0 saturated carbocycles. The Morgan fingerprint density at radius 1 is 1.27 bits per heavy atom. The first kappa shape index (κ1) is 22.9. The normalized spacial score (nSPS) is 16.9. The molecular weight excluding hydrogens is 452 g/mol. The third-order valence-corrected chi connectivity index (χ3v) is 7.89. The van der Waals surface area contributed by atoms with Gasteiger partial charge in [0, 0.05) is 36.3 Å². The van der Waals surface area contributed by atoms with Crippen LogP contribution in [0.4, 0.5) is 4.39 Å². The van der Waals surface area contributed by atoms with Gasteiger partial charge in [0.2, 0.25) is 10.0 Å². The lowest BCUT2D eigenvalue weighted by Crippen LogP contribution is -2.51. The summed E-state index contributed by atoms with van der Waals surface area (Å²) in [6.07, 6.45) is 2.15. The minimum Gasteiger partial charge on any atom is -0.351 e. The quantitative estimate of drug-likeness (QED) is 0.694. The highest BCUT2D eigenvalue weighted by molar-refractivity contribution is 7.89. The third kappa shape index (κ3) is 4.77. The summed E-state index contributed by atoms with van der Waals surface area (Å²) < 4.78 is 40.5. The van der Waals surface area contributed by atoms with Crippen LogP contribution in [0.5, 0.6) is 0 Å². The average molecular weight is 474 g/mol. The van der Waals surface area contributed by atoms with Gasteiger partial charge in [-0.2, -0.15) is 0 Å². The summed E-state index contributed by atoms with van der Waals surface area (Å²) in [5.41, 5.74) is -0.357. The molecule has 1 saturated heterocycles. The van der Waals surface area contributed by atoms with Gasteiger partial charge in [-0.15, -0.1) is 0 Å². The van der Waals surface area contributed by atoms with Crippen molar-refractivity contribution in [3.05, 3.63) is 63.6 Å². The van der Waals surface area contributed by atoms with Crippen molar-refractivity contribution in [1.29, 1.82) is 0 Å². The van der Waals surface area contributed by atoms with Crippen LogP contribution in [0, 0.1) is 5.82 Å². The predicted molar refractivity (Wildman–Crippen MR) is 115 cm³/mol. The first-order chi connectivity index (χ1) is 14.2. The molecule has 10 heteroatoms. The number of sulfonamides is 1. The average Bonchev–Trinajstić information content (AvgIpc) is 2.72. The number of rotatable bonds is 6. The molecule has 0 aliphatic carbocycles. The fourth-order valence-corrected chi connectivity index (χ4v) is 5.26. The lowest BCUT2D eigenvalue weighted by Gasteiger charge is -2.41. The highest BCUT2D eigenvalue weighted by Gasteiger charge is 2.42. The lowest BCUT2D eigenvalue weighted by atomic mass is 9.75. The second-order valence-corrected chi connectivity index (χ2v) is 10.3. The molecule has 0 unspecified atom stereocenters. The Hall–Kier alpha value is -1.74. The molecule has 1 fully saturated rings. The van der Waals surface area contributed by atoms with E-state index in [1.165, 1.54) is 34.8 Å². The number of piperidine rings is 1. The number of benzene rings is 1. The monoisotopic (exact) mass is 473 g/mol. The van der Waals surface area contributed by atoms with E-state index in [1.54, 1.807) is 13.0 Å². The number of aromatic nitrogens is 1. The van der Waals surface area contributed by atoms with Gasteiger partial charge in [-0.1, -0.05) is 23.2 Å². The summed E-state index contributed by atoms with van der Waals surface area (Å²) in [5, 5.41) is 3.44. The predicted octanol–water partition coefficient (Wildman–Crippen LogP) is 3.64. The van der Waals surface area contributed by atoms with E-state index in [2.05, 4.69) is 10.3 Å². The number of amides is 1. The second kappa shape index (κ2) is 9.18. The Bertz CT molecular complexity index is 1040. The standard InChI is InChI=1S/C20H22Cl2FN3O3S/c1-2-30(28,29)26-10-7-20(8-11-26,18-17(23)4-3-9-24-18)13-25-19(27)15-6-5-14(21)12-16(15)22/h3-6,9,12H,2,7-8,10-11,13H2,1H3,(H,25,27). The molecule has 2 heterocycles. The van der Waals surface area contributed by atoms with Crippen molar-refractivity contribution in [2.24, 2.45) is 0 Å². The maximum absolute atomic E-state index is 14.6. The van der Waals surface area contributed by atoms with E-state index in [0.717, 1.165) is 0 Å².